The van der Waals surface area contributed by atoms with Crippen LogP contribution in [0.4, 0.5) is 10.5 Å². The number of nitrogens with one attached hydrogen (secondary N) is 2. The maximum absolute atomic E-state index is 11.7. The normalized spacial score (nSPS) is 10.1. The number of nitrogens with zero attached hydrogens (tertiary/aromatic N) is 1. The fourth-order valence-electron chi connectivity index (χ4n) is 1.40. The summed E-state index contributed by atoms with van der Waals surface area (Å²) in [5, 5.41) is 6.55. The number of urea groups is 1. The Hall–Kier alpha value is -1.40. The highest BCUT2D eigenvalue weighted by Crippen LogP contribution is 2.15. The number of aromatic nitrogens is 1. The van der Waals surface area contributed by atoms with Gasteiger partial charge in [-0.1, -0.05) is 22.0 Å². The number of anilines is 1. The number of carbonyl (C=O) groups is 1. The number of benzene rings is 1. The van der Waals surface area contributed by atoms with Gasteiger partial charge < -0.3 is 10.6 Å². The van der Waals surface area contributed by atoms with Crippen LogP contribution in [0.1, 0.15) is 9.88 Å². The molecule has 1 aromatic heterocycles. The van der Waals surface area contributed by atoms with Crippen LogP contribution in [-0.4, -0.2) is 11.0 Å². The summed E-state index contributed by atoms with van der Waals surface area (Å²) < 4.78 is 0.929. The molecule has 0 bridgehead atoms. The first-order valence-corrected chi connectivity index (χ1v) is 6.96. The number of rotatable bonds is 3. The molecular formula is C12H12BrN3OS. The van der Waals surface area contributed by atoms with E-state index in [-0.39, 0.29) is 6.03 Å². The van der Waals surface area contributed by atoms with Crippen molar-refractivity contribution in [3.05, 3.63) is 44.8 Å². The van der Waals surface area contributed by atoms with Crippen molar-refractivity contribution in [3.8, 4) is 0 Å². The molecule has 4 nitrogen and oxygen atoms in total. The number of thiazole rings is 1. The summed E-state index contributed by atoms with van der Waals surface area (Å²) in [5.74, 6) is 0. The molecule has 0 fully saturated rings. The highest BCUT2D eigenvalue weighted by Gasteiger charge is 2.03. The van der Waals surface area contributed by atoms with Gasteiger partial charge in [-0.05, 0) is 25.1 Å². The van der Waals surface area contributed by atoms with E-state index in [2.05, 4.69) is 31.5 Å². The van der Waals surface area contributed by atoms with Gasteiger partial charge in [-0.15, -0.1) is 11.3 Å². The molecule has 6 heteroatoms. The van der Waals surface area contributed by atoms with E-state index in [0.29, 0.717) is 6.54 Å². The van der Waals surface area contributed by atoms with E-state index < -0.39 is 0 Å². The van der Waals surface area contributed by atoms with Crippen LogP contribution in [0.2, 0.25) is 0 Å². The molecule has 2 rings (SSSR count). The first-order valence-electron chi connectivity index (χ1n) is 5.35. The minimum atomic E-state index is -0.223. The second-order valence-electron chi connectivity index (χ2n) is 3.66. The zero-order chi connectivity index (χ0) is 13.0. The van der Waals surface area contributed by atoms with Crippen molar-refractivity contribution in [1.29, 1.82) is 0 Å². The average Bonchev–Trinajstić information content (AvgIpc) is 2.73. The van der Waals surface area contributed by atoms with E-state index in [0.717, 1.165) is 20.0 Å². The van der Waals surface area contributed by atoms with Gasteiger partial charge in [-0.2, -0.15) is 0 Å². The Labute approximate surface area is 118 Å². The van der Waals surface area contributed by atoms with Gasteiger partial charge in [0, 0.05) is 21.2 Å². The van der Waals surface area contributed by atoms with Crippen LogP contribution in [0.25, 0.3) is 0 Å². The summed E-state index contributed by atoms with van der Waals surface area (Å²) in [6.45, 7) is 2.43. The molecule has 2 N–H and O–H groups in total. The molecule has 0 radical (unpaired) electrons. The fraction of sp³-hybridized carbons (Fsp3) is 0.167. The van der Waals surface area contributed by atoms with Crippen LogP contribution < -0.4 is 10.6 Å². The lowest BCUT2D eigenvalue weighted by Gasteiger charge is -2.06. The Morgan fingerprint density at radius 3 is 3.00 bits per heavy atom. The number of carbonyl (C=O) groups excluding carboxylic acids is 1. The second-order valence-corrected chi connectivity index (χ2v) is 5.90. The highest BCUT2D eigenvalue weighted by molar-refractivity contribution is 9.10. The van der Waals surface area contributed by atoms with E-state index in [9.17, 15) is 4.79 Å². The summed E-state index contributed by atoms with van der Waals surface area (Å²) >= 11 is 4.93. The van der Waals surface area contributed by atoms with E-state index in [4.69, 9.17) is 0 Å². The Balaban J connectivity index is 1.85. The minimum Gasteiger partial charge on any atom is -0.333 e. The van der Waals surface area contributed by atoms with Crippen LogP contribution in [0.5, 0.6) is 0 Å². The topological polar surface area (TPSA) is 54.0 Å². The monoisotopic (exact) mass is 325 g/mol. The first-order chi connectivity index (χ1) is 8.63. The molecular weight excluding hydrogens is 314 g/mol. The molecule has 0 aliphatic rings. The summed E-state index contributed by atoms with van der Waals surface area (Å²) in [6.07, 6.45) is 1.78. The molecule has 1 aromatic carbocycles. The van der Waals surface area contributed by atoms with Crippen LogP contribution in [0.15, 0.2) is 34.9 Å². The standard InChI is InChI=1S/C12H12BrN3OS/c1-8-14-6-11(18-8)7-15-12(17)16-10-4-2-3-9(13)5-10/h2-6H,7H2,1H3,(H2,15,16,17). The summed E-state index contributed by atoms with van der Waals surface area (Å²) in [6, 6.07) is 7.23. The molecule has 2 amide bonds. The van der Waals surface area contributed by atoms with Gasteiger partial charge in [0.2, 0.25) is 0 Å². The van der Waals surface area contributed by atoms with Crippen LogP contribution in [0, 0.1) is 6.92 Å². The molecule has 0 saturated carbocycles. The predicted molar refractivity (Wildman–Crippen MR) is 76.9 cm³/mol. The molecule has 0 spiro atoms. The van der Waals surface area contributed by atoms with Gasteiger partial charge in [0.25, 0.3) is 0 Å². The number of halogens is 1. The van der Waals surface area contributed by atoms with Gasteiger partial charge >= 0.3 is 6.03 Å². The van der Waals surface area contributed by atoms with Crippen molar-refractivity contribution in [3.63, 3.8) is 0 Å². The maximum Gasteiger partial charge on any atom is 0.319 e. The smallest absolute Gasteiger partial charge is 0.319 e. The number of amides is 2. The number of aryl methyl sites for hydroxylation is 1. The average molecular weight is 326 g/mol. The Kier molecular flexibility index (Phi) is 4.33. The molecule has 18 heavy (non-hydrogen) atoms. The van der Waals surface area contributed by atoms with Crippen molar-refractivity contribution in [2.24, 2.45) is 0 Å². The molecule has 0 unspecified atom stereocenters. The van der Waals surface area contributed by atoms with Crippen molar-refractivity contribution >= 4 is 39.0 Å². The lowest BCUT2D eigenvalue weighted by atomic mass is 10.3. The van der Waals surface area contributed by atoms with Crippen LogP contribution in [0.3, 0.4) is 0 Å². The molecule has 0 atom stereocenters. The van der Waals surface area contributed by atoms with E-state index >= 15 is 0 Å². The number of hydrogen-bond acceptors (Lipinski definition) is 3. The second kappa shape index (κ2) is 5.97. The fourth-order valence-corrected chi connectivity index (χ4v) is 2.53. The quantitative estimate of drug-likeness (QED) is 0.906. The molecule has 2 aromatic rings. The third-order valence-corrected chi connectivity index (χ3v) is 3.58. The third-order valence-electron chi connectivity index (χ3n) is 2.17. The maximum atomic E-state index is 11.7. The van der Waals surface area contributed by atoms with Crippen LogP contribution >= 0.6 is 27.3 Å². The number of hydrogen-bond donors (Lipinski definition) is 2. The minimum absolute atomic E-state index is 0.223. The van der Waals surface area contributed by atoms with Crippen molar-refractivity contribution < 1.29 is 4.79 Å². The predicted octanol–water partition coefficient (Wildman–Crippen LogP) is 3.54. The molecule has 1 heterocycles. The largest absolute Gasteiger partial charge is 0.333 e. The molecule has 94 valence electrons. The zero-order valence-corrected chi connectivity index (χ0v) is 12.1. The van der Waals surface area contributed by atoms with Crippen molar-refractivity contribution in [2.45, 2.75) is 13.5 Å². The summed E-state index contributed by atoms with van der Waals surface area (Å²) in [4.78, 5) is 16.8. The van der Waals surface area contributed by atoms with E-state index in [1.54, 1.807) is 17.5 Å². The lowest BCUT2D eigenvalue weighted by Crippen LogP contribution is -2.27. The van der Waals surface area contributed by atoms with E-state index in [1.165, 1.54) is 0 Å². The van der Waals surface area contributed by atoms with Crippen molar-refractivity contribution in [1.82, 2.24) is 10.3 Å². The van der Waals surface area contributed by atoms with Gasteiger partial charge in [0.05, 0.1) is 11.6 Å². The van der Waals surface area contributed by atoms with Gasteiger partial charge in [0.1, 0.15) is 0 Å². The van der Waals surface area contributed by atoms with Crippen LogP contribution in [-0.2, 0) is 6.54 Å². The Bertz CT molecular complexity index is 556. The van der Waals surface area contributed by atoms with E-state index in [1.807, 2.05) is 31.2 Å². The lowest BCUT2D eigenvalue weighted by molar-refractivity contribution is 0.252. The molecule has 0 aliphatic heterocycles. The summed E-state index contributed by atoms with van der Waals surface area (Å²) in [5.41, 5.74) is 0.752. The zero-order valence-electron chi connectivity index (χ0n) is 9.74. The first kappa shape index (κ1) is 13.0. The molecule has 0 saturated heterocycles. The van der Waals surface area contributed by atoms with Crippen molar-refractivity contribution in [2.75, 3.05) is 5.32 Å². The highest BCUT2D eigenvalue weighted by atomic mass is 79.9. The van der Waals surface area contributed by atoms with Gasteiger partial charge in [0.15, 0.2) is 0 Å². The van der Waals surface area contributed by atoms with Gasteiger partial charge in [-0.25, -0.2) is 9.78 Å². The molecule has 0 aliphatic carbocycles. The SMILES string of the molecule is Cc1ncc(CNC(=O)Nc2cccc(Br)c2)s1. The Morgan fingerprint density at radius 2 is 2.33 bits per heavy atom. The third kappa shape index (κ3) is 3.82. The van der Waals surface area contributed by atoms with Gasteiger partial charge in [-0.3, -0.25) is 0 Å². The Morgan fingerprint density at radius 1 is 1.50 bits per heavy atom. The summed E-state index contributed by atoms with van der Waals surface area (Å²) in [7, 11) is 0.